The minimum atomic E-state index is -0.839. The molecule has 2 bridgehead atoms. The molecule has 7 nitrogen and oxygen atoms in total. The average molecular weight is 523 g/mol. The van der Waals surface area contributed by atoms with Crippen molar-refractivity contribution in [2.45, 2.75) is 190 Å². The maximum Gasteiger partial charge on any atom is 0.198 e. The first-order valence-electron chi connectivity index (χ1n) is 14.8. The molecule has 6 heterocycles. The zero-order valence-electron chi connectivity index (χ0n) is 24.4. The van der Waals surface area contributed by atoms with Gasteiger partial charge in [0.05, 0.1) is 58.5 Å². The van der Waals surface area contributed by atoms with Crippen LogP contribution >= 0.6 is 0 Å². The fourth-order valence-electron chi connectivity index (χ4n) is 8.43. The van der Waals surface area contributed by atoms with Crippen LogP contribution in [-0.4, -0.2) is 75.0 Å². The van der Waals surface area contributed by atoms with Gasteiger partial charge in [-0.1, -0.05) is 0 Å². The number of fused-ring (bicyclic) bond motifs is 3. The van der Waals surface area contributed by atoms with E-state index in [4.69, 9.17) is 28.4 Å². The van der Waals surface area contributed by atoms with Crippen molar-refractivity contribution in [2.24, 2.45) is 0 Å². The first-order valence-corrected chi connectivity index (χ1v) is 14.8. The Morgan fingerprint density at radius 2 is 1.22 bits per heavy atom. The van der Waals surface area contributed by atoms with Crippen LogP contribution in [0.2, 0.25) is 0 Å². The van der Waals surface area contributed by atoms with E-state index in [1.165, 1.54) is 0 Å². The minimum Gasteiger partial charge on any atom is -0.388 e. The molecule has 0 aromatic rings. The zero-order chi connectivity index (χ0) is 26.7. The van der Waals surface area contributed by atoms with Crippen molar-refractivity contribution in [3.8, 4) is 0 Å². The maximum absolute atomic E-state index is 10.5. The van der Waals surface area contributed by atoms with Gasteiger partial charge in [0, 0.05) is 6.42 Å². The van der Waals surface area contributed by atoms with Gasteiger partial charge in [-0.25, -0.2) is 0 Å². The van der Waals surface area contributed by atoms with Crippen LogP contribution in [0.25, 0.3) is 0 Å². The molecule has 0 unspecified atom stereocenters. The number of aliphatic hydroxyl groups is 1. The van der Waals surface area contributed by atoms with E-state index in [1.807, 2.05) is 13.8 Å². The molecule has 0 aromatic heterocycles. The second kappa shape index (κ2) is 8.14. The lowest BCUT2D eigenvalue weighted by Crippen LogP contribution is -2.64. The van der Waals surface area contributed by atoms with Crippen molar-refractivity contribution in [3.63, 3.8) is 0 Å². The predicted molar refractivity (Wildman–Crippen MR) is 138 cm³/mol. The van der Waals surface area contributed by atoms with Crippen LogP contribution < -0.4 is 0 Å². The Morgan fingerprint density at radius 1 is 0.595 bits per heavy atom. The van der Waals surface area contributed by atoms with E-state index in [1.54, 1.807) is 0 Å². The van der Waals surface area contributed by atoms with E-state index in [9.17, 15) is 5.11 Å². The van der Waals surface area contributed by atoms with Gasteiger partial charge in [-0.05, 0) is 113 Å². The van der Waals surface area contributed by atoms with E-state index >= 15 is 0 Å². The molecule has 0 saturated carbocycles. The van der Waals surface area contributed by atoms with Gasteiger partial charge in [-0.15, -0.1) is 0 Å². The largest absolute Gasteiger partial charge is 0.388 e. The third-order valence-electron chi connectivity index (χ3n) is 11.1. The predicted octanol–water partition coefficient (Wildman–Crippen LogP) is 5.19. The maximum atomic E-state index is 10.5. The van der Waals surface area contributed by atoms with Crippen molar-refractivity contribution in [2.75, 3.05) is 0 Å². The van der Waals surface area contributed by atoms with Crippen LogP contribution in [-0.2, 0) is 28.4 Å². The molecule has 1 spiro atoms. The molecule has 6 aliphatic rings. The van der Waals surface area contributed by atoms with Crippen molar-refractivity contribution in [1.29, 1.82) is 0 Å². The van der Waals surface area contributed by atoms with Gasteiger partial charge in [0.15, 0.2) is 5.79 Å². The average Bonchev–Trinajstić information content (AvgIpc) is 3.57. The quantitative estimate of drug-likeness (QED) is 0.544. The molecule has 6 rings (SSSR count). The van der Waals surface area contributed by atoms with Crippen molar-refractivity contribution in [3.05, 3.63) is 0 Å². The molecule has 0 aromatic carbocycles. The fourth-order valence-corrected chi connectivity index (χ4v) is 8.43. The van der Waals surface area contributed by atoms with Crippen molar-refractivity contribution >= 4 is 0 Å². The van der Waals surface area contributed by atoms with E-state index in [0.29, 0.717) is 0 Å². The molecule has 0 radical (unpaired) electrons. The summed E-state index contributed by atoms with van der Waals surface area (Å²) in [7, 11) is 0. The molecule has 0 aliphatic carbocycles. The lowest BCUT2D eigenvalue weighted by molar-refractivity contribution is -0.407. The van der Waals surface area contributed by atoms with Gasteiger partial charge in [0.2, 0.25) is 0 Å². The van der Waals surface area contributed by atoms with Gasteiger partial charge in [-0.2, -0.15) is 0 Å². The Morgan fingerprint density at radius 3 is 1.89 bits per heavy atom. The lowest BCUT2D eigenvalue weighted by atomic mass is 9.87. The summed E-state index contributed by atoms with van der Waals surface area (Å²) in [4.78, 5) is 0. The molecule has 6 fully saturated rings. The van der Waals surface area contributed by atoms with E-state index in [0.717, 1.165) is 64.2 Å². The monoisotopic (exact) mass is 522 g/mol. The topological polar surface area (TPSA) is 75.6 Å². The molecule has 6 aliphatic heterocycles. The Labute approximate surface area is 223 Å². The standard InChI is InChI=1S/C30H50O7/c1-24(2,31)19-11-14-27(6,33-19)23-12-15-26(5,34-23)21-9-10-22(32-21)28(7)17-18-30(37-28)29(8)16-13-20(35-29)25(3,4)36-30/h19-23,31H,9-18H2,1-8H3/t19-,20+,21-,22-,23-,26-,27-,28-,29-,30+/m0/s1. The Bertz CT molecular complexity index is 916. The number of hydrogen-bond acceptors (Lipinski definition) is 7. The third kappa shape index (κ3) is 4.08. The second-order valence-corrected chi connectivity index (χ2v) is 15.0. The summed E-state index contributed by atoms with van der Waals surface area (Å²) < 4.78 is 40.4. The molecule has 7 heteroatoms. The van der Waals surface area contributed by atoms with Crippen molar-refractivity contribution < 1.29 is 33.5 Å². The van der Waals surface area contributed by atoms with Gasteiger partial charge in [0.25, 0.3) is 0 Å². The van der Waals surface area contributed by atoms with Gasteiger partial charge >= 0.3 is 0 Å². The Kier molecular flexibility index (Phi) is 5.92. The lowest BCUT2D eigenvalue weighted by Gasteiger charge is -2.53. The highest BCUT2D eigenvalue weighted by Gasteiger charge is 2.69. The number of hydrogen-bond donors (Lipinski definition) is 1. The molecular formula is C30H50O7. The van der Waals surface area contributed by atoms with Gasteiger partial charge in [-0.3, -0.25) is 0 Å². The zero-order valence-corrected chi connectivity index (χ0v) is 24.4. The molecule has 37 heavy (non-hydrogen) atoms. The SMILES string of the molecule is CC(C)(O)[C@@H]1CC[C@@](C)([C@@H]2CC[C@@](C)([C@@H]3CC[C@@H]([C@]4(C)CC[C@@]5(OC(C)(C)[C@H]6CC[C@]5(C)O6)O4)O3)O2)O1. The highest BCUT2D eigenvalue weighted by molar-refractivity contribution is 5.13. The van der Waals surface area contributed by atoms with Crippen LogP contribution in [0.1, 0.15) is 120 Å². The smallest absolute Gasteiger partial charge is 0.198 e. The summed E-state index contributed by atoms with van der Waals surface area (Å²) in [5.41, 5.74) is -2.73. The van der Waals surface area contributed by atoms with E-state index < -0.39 is 22.6 Å². The van der Waals surface area contributed by atoms with Crippen LogP contribution in [0.5, 0.6) is 0 Å². The van der Waals surface area contributed by atoms with Crippen LogP contribution in [0, 0.1) is 0 Å². The van der Waals surface area contributed by atoms with Crippen LogP contribution in [0.4, 0.5) is 0 Å². The summed E-state index contributed by atoms with van der Waals surface area (Å²) in [5.74, 6) is -0.718. The summed E-state index contributed by atoms with van der Waals surface area (Å²) in [6.07, 6.45) is 9.32. The van der Waals surface area contributed by atoms with Gasteiger partial charge < -0.3 is 33.5 Å². The van der Waals surface area contributed by atoms with Gasteiger partial charge in [0.1, 0.15) is 5.60 Å². The highest BCUT2D eigenvalue weighted by Crippen LogP contribution is 2.59. The molecule has 6 saturated heterocycles. The number of rotatable bonds is 4. The summed E-state index contributed by atoms with van der Waals surface area (Å²) in [6.45, 7) is 16.7. The fraction of sp³-hybridized carbons (Fsp3) is 1.00. The minimum absolute atomic E-state index is 0.00340. The Balaban J connectivity index is 1.12. The molecular weight excluding hydrogens is 472 g/mol. The molecule has 0 amide bonds. The highest BCUT2D eigenvalue weighted by atomic mass is 16.8. The van der Waals surface area contributed by atoms with Crippen LogP contribution in [0.15, 0.2) is 0 Å². The van der Waals surface area contributed by atoms with E-state index in [-0.39, 0.29) is 47.3 Å². The van der Waals surface area contributed by atoms with Crippen molar-refractivity contribution in [1.82, 2.24) is 0 Å². The second-order valence-electron chi connectivity index (χ2n) is 15.0. The molecule has 10 atom stereocenters. The molecule has 1 N–H and O–H groups in total. The Hall–Kier alpha value is -0.280. The summed E-state index contributed by atoms with van der Waals surface area (Å²) >= 11 is 0. The normalized spacial score (nSPS) is 55.5. The summed E-state index contributed by atoms with van der Waals surface area (Å²) in [6, 6.07) is 0. The molecule has 212 valence electrons. The first-order chi connectivity index (χ1) is 17.0. The van der Waals surface area contributed by atoms with E-state index in [2.05, 4.69) is 41.5 Å². The van der Waals surface area contributed by atoms with Crippen LogP contribution in [0.3, 0.4) is 0 Å². The first kappa shape index (κ1) is 26.9. The third-order valence-corrected chi connectivity index (χ3v) is 11.1. The summed E-state index contributed by atoms with van der Waals surface area (Å²) in [5, 5.41) is 10.5. The number of ether oxygens (including phenoxy) is 6.